The number of carbonyl (C=O) groups excluding carboxylic acids is 1. The van der Waals surface area contributed by atoms with Gasteiger partial charge in [0.15, 0.2) is 11.5 Å². The molecule has 0 spiro atoms. The third-order valence-corrected chi connectivity index (χ3v) is 7.07. The van der Waals surface area contributed by atoms with Crippen molar-refractivity contribution < 1.29 is 14.3 Å². The third-order valence-electron chi connectivity index (χ3n) is 5.46. The van der Waals surface area contributed by atoms with Crippen molar-refractivity contribution in [2.75, 3.05) is 7.11 Å². The Morgan fingerprint density at radius 2 is 2.09 bits per heavy atom. The molecule has 1 atom stereocenters. The molecule has 7 heteroatoms. The number of fused-ring (bicyclic) bond motifs is 1. The zero-order valence-electron chi connectivity index (χ0n) is 18.1. The quantitative estimate of drug-likeness (QED) is 0.348. The monoisotopic (exact) mass is 468 g/mol. The first-order valence-electron chi connectivity index (χ1n) is 10.5. The number of benzene rings is 2. The van der Waals surface area contributed by atoms with Crippen LogP contribution in [0.15, 0.2) is 53.6 Å². The number of ether oxygens (including phenoxy) is 2. The number of nitrogens with zero attached hydrogens (tertiary/aromatic N) is 1. The lowest BCUT2D eigenvalue weighted by atomic mass is 9.90. The van der Waals surface area contributed by atoms with E-state index >= 15 is 0 Å². The SMILES string of the molecule is COc1cc(/C=N\NC(=O)c2cc3c(s2)CC[C@H](C)C3)ccc1OCc1ccccc1Cl. The van der Waals surface area contributed by atoms with Crippen molar-refractivity contribution in [3.63, 3.8) is 0 Å². The molecule has 32 heavy (non-hydrogen) atoms. The van der Waals surface area contributed by atoms with E-state index in [1.54, 1.807) is 24.7 Å². The summed E-state index contributed by atoms with van der Waals surface area (Å²) >= 11 is 7.76. The minimum Gasteiger partial charge on any atom is -0.493 e. The molecular formula is C25H25ClN2O3S. The molecule has 2 aromatic carbocycles. The number of aryl methyl sites for hydroxylation is 1. The summed E-state index contributed by atoms with van der Waals surface area (Å²) in [5.41, 5.74) is 5.61. The van der Waals surface area contributed by atoms with E-state index in [0.29, 0.717) is 33.9 Å². The zero-order valence-corrected chi connectivity index (χ0v) is 19.6. The molecule has 1 aliphatic rings. The molecule has 1 N–H and O–H groups in total. The first-order chi connectivity index (χ1) is 15.5. The molecule has 1 heterocycles. The Kier molecular flexibility index (Phi) is 7.12. The molecule has 0 aliphatic heterocycles. The number of nitrogens with one attached hydrogen (secondary N) is 1. The molecule has 0 unspecified atom stereocenters. The Morgan fingerprint density at radius 1 is 1.25 bits per heavy atom. The number of amides is 1. The molecule has 1 aliphatic carbocycles. The van der Waals surface area contributed by atoms with Crippen LogP contribution in [0.25, 0.3) is 0 Å². The van der Waals surface area contributed by atoms with Gasteiger partial charge in [0.25, 0.3) is 5.91 Å². The molecule has 166 valence electrons. The molecule has 1 aromatic heterocycles. The summed E-state index contributed by atoms with van der Waals surface area (Å²) in [5.74, 6) is 1.68. The van der Waals surface area contributed by atoms with Gasteiger partial charge >= 0.3 is 0 Å². The van der Waals surface area contributed by atoms with Crippen LogP contribution >= 0.6 is 22.9 Å². The van der Waals surface area contributed by atoms with Gasteiger partial charge in [-0.15, -0.1) is 11.3 Å². The highest BCUT2D eigenvalue weighted by Gasteiger charge is 2.20. The first-order valence-corrected chi connectivity index (χ1v) is 11.7. The molecule has 3 aromatic rings. The number of thiophene rings is 1. The maximum atomic E-state index is 12.5. The normalized spacial score (nSPS) is 15.4. The van der Waals surface area contributed by atoms with Gasteiger partial charge in [0.1, 0.15) is 6.61 Å². The highest BCUT2D eigenvalue weighted by molar-refractivity contribution is 7.14. The van der Waals surface area contributed by atoms with Gasteiger partial charge in [0.05, 0.1) is 18.2 Å². The second-order valence-corrected chi connectivity index (χ2v) is 9.44. The summed E-state index contributed by atoms with van der Waals surface area (Å²) < 4.78 is 11.3. The lowest BCUT2D eigenvalue weighted by Crippen LogP contribution is -2.16. The molecule has 0 saturated heterocycles. The zero-order chi connectivity index (χ0) is 22.5. The Hall–Kier alpha value is -2.83. The van der Waals surface area contributed by atoms with E-state index in [2.05, 4.69) is 17.5 Å². The van der Waals surface area contributed by atoms with E-state index in [1.807, 2.05) is 48.5 Å². The summed E-state index contributed by atoms with van der Waals surface area (Å²) in [6, 6.07) is 15.0. The van der Waals surface area contributed by atoms with Gasteiger partial charge in [-0.2, -0.15) is 5.10 Å². The van der Waals surface area contributed by atoms with Crippen LogP contribution in [-0.2, 0) is 19.4 Å². The number of hydrazone groups is 1. The van der Waals surface area contributed by atoms with Crippen molar-refractivity contribution >= 4 is 35.1 Å². The van der Waals surface area contributed by atoms with Crippen molar-refractivity contribution in [3.05, 3.63) is 80.0 Å². The number of halogens is 1. The Morgan fingerprint density at radius 3 is 2.91 bits per heavy atom. The minimum absolute atomic E-state index is 0.181. The Balaban J connectivity index is 1.37. The topological polar surface area (TPSA) is 59.9 Å². The van der Waals surface area contributed by atoms with Crippen molar-refractivity contribution in [1.82, 2.24) is 5.43 Å². The second kappa shape index (κ2) is 10.2. The fourth-order valence-corrected chi connectivity index (χ4v) is 4.98. The van der Waals surface area contributed by atoms with Gasteiger partial charge in [-0.1, -0.05) is 36.7 Å². The predicted molar refractivity (Wildman–Crippen MR) is 129 cm³/mol. The molecular weight excluding hydrogens is 444 g/mol. The van der Waals surface area contributed by atoms with Crippen molar-refractivity contribution in [3.8, 4) is 11.5 Å². The van der Waals surface area contributed by atoms with Gasteiger partial charge in [-0.3, -0.25) is 4.79 Å². The Labute approximate surface area is 197 Å². The van der Waals surface area contributed by atoms with E-state index in [1.165, 1.54) is 16.9 Å². The van der Waals surface area contributed by atoms with E-state index in [9.17, 15) is 4.79 Å². The summed E-state index contributed by atoms with van der Waals surface area (Å²) in [7, 11) is 1.58. The third kappa shape index (κ3) is 5.31. The molecule has 1 amide bonds. The second-order valence-electron chi connectivity index (χ2n) is 7.90. The van der Waals surface area contributed by atoms with Crippen LogP contribution in [0.2, 0.25) is 5.02 Å². The standard InChI is InChI=1S/C25H25ClN2O3S/c1-16-7-10-23-19(11-16)13-24(32-23)25(29)28-27-14-17-8-9-21(22(12-17)30-2)31-15-18-5-3-4-6-20(18)26/h3-6,8-9,12-14,16H,7,10-11,15H2,1-2H3,(H,28,29)/b27-14-/t16-/m0/s1. The fourth-order valence-electron chi connectivity index (χ4n) is 3.69. The molecule has 0 saturated carbocycles. The number of hydrogen-bond donors (Lipinski definition) is 1. The summed E-state index contributed by atoms with van der Waals surface area (Å²) in [6.45, 7) is 2.59. The number of hydrogen-bond acceptors (Lipinski definition) is 5. The smallest absolute Gasteiger partial charge is 0.281 e. The van der Waals surface area contributed by atoms with Crippen molar-refractivity contribution in [2.45, 2.75) is 32.8 Å². The average Bonchev–Trinajstić information content (AvgIpc) is 3.22. The van der Waals surface area contributed by atoms with Gasteiger partial charge < -0.3 is 9.47 Å². The van der Waals surface area contributed by atoms with E-state index < -0.39 is 0 Å². The van der Waals surface area contributed by atoms with Crippen LogP contribution in [0, 0.1) is 5.92 Å². The average molecular weight is 469 g/mol. The molecule has 0 bridgehead atoms. The highest BCUT2D eigenvalue weighted by Crippen LogP contribution is 2.32. The van der Waals surface area contributed by atoms with Gasteiger partial charge in [-0.05, 0) is 66.6 Å². The van der Waals surface area contributed by atoms with Crippen molar-refractivity contribution in [1.29, 1.82) is 0 Å². The van der Waals surface area contributed by atoms with Crippen LogP contribution in [0.3, 0.4) is 0 Å². The lowest BCUT2D eigenvalue weighted by Gasteiger charge is -2.16. The Bertz CT molecular complexity index is 1140. The van der Waals surface area contributed by atoms with E-state index in [4.69, 9.17) is 21.1 Å². The van der Waals surface area contributed by atoms with Crippen LogP contribution < -0.4 is 14.9 Å². The maximum absolute atomic E-state index is 12.5. The van der Waals surface area contributed by atoms with E-state index in [0.717, 1.165) is 24.0 Å². The van der Waals surface area contributed by atoms with E-state index in [-0.39, 0.29) is 5.91 Å². The fraction of sp³-hybridized carbons (Fsp3) is 0.280. The van der Waals surface area contributed by atoms with Crippen molar-refractivity contribution in [2.24, 2.45) is 11.0 Å². The van der Waals surface area contributed by atoms with Crippen LogP contribution in [-0.4, -0.2) is 19.2 Å². The molecule has 0 fully saturated rings. The summed E-state index contributed by atoms with van der Waals surface area (Å²) in [5, 5.41) is 4.78. The van der Waals surface area contributed by atoms with Crippen LogP contribution in [0.5, 0.6) is 11.5 Å². The summed E-state index contributed by atoms with van der Waals surface area (Å²) in [6.07, 6.45) is 4.88. The number of methoxy groups -OCH3 is 1. The van der Waals surface area contributed by atoms with Gasteiger partial charge in [0.2, 0.25) is 0 Å². The van der Waals surface area contributed by atoms with Crippen LogP contribution in [0.4, 0.5) is 0 Å². The minimum atomic E-state index is -0.181. The highest BCUT2D eigenvalue weighted by atomic mass is 35.5. The van der Waals surface area contributed by atoms with Gasteiger partial charge in [-0.25, -0.2) is 5.43 Å². The molecule has 0 radical (unpaired) electrons. The predicted octanol–water partition coefficient (Wildman–Crippen LogP) is 5.88. The largest absolute Gasteiger partial charge is 0.493 e. The molecule has 5 nitrogen and oxygen atoms in total. The number of carbonyl (C=O) groups is 1. The molecule has 4 rings (SSSR count). The van der Waals surface area contributed by atoms with Gasteiger partial charge in [0, 0.05) is 15.5 Å². The van der Waals surface area contributed by atoms with Crippen LogP contribution in [0.1, 0.15) is 44.6 Å². The number of rotatable bonds is 7. The lowest BCUT2D eigenvalue weighted by molar-refractivity contribution is 0.0959. The first kappa shape index (κ1) is 22.4. The summed E-state index contributed by atoms with van der Waals surface area (Å²) in [4.78, 5) is 14.5. The maximum Gasteiger partial charge on any atom is 0.281 e.